The Morgan fingerprint density at radius 3 is 1.24 bits per heavy atom. The summed E-state index contributed by atoms with van der Waals surface area (Å²) in [6, 6.07) is 0. The lowest BCUT2D eigenvalue weighted by Crippen LogP contribution is -2.28. The van der Waals surface area contributed by atoms with Crippen LogP contribution in [-0.2, 0) is 19.1 Å². The number of aliphatic hydroxyl groups excluding tert-OH is 1. The summed E-state index contributed by atoms with van der Waals surface area (Å²) in [5.41, 5.74) is 1.75. The maximum atomic E-state index is 12.9. The van der Waals surface area contributed by atoms with Crippen LogP contribution in [0.1, 0.15) is 201 Å². The van der Waals surface area contributed by atoms with Crippen molar-refractivity contribution in [1.29, 1.82) is 0 Å². The predicted octanol–water partition coefficient (Wildman–Crippen LogP) is 11.8. The van der Waals surface area contributed by atoms with Gasteiger partial charge in [0.05, 0.1) is 13.2 Å². The maximum Gasteiger partial charge on any atom is 0.333 e. The summed E-state index contributed by atoms with van der Waals surface area (Å²) in [6.07, 6.45) is 33.9. The molecule has 0 aromatic heterocycles. The Hall–Kier alpha value is -1.66. The Balaban J connectivity index is 4.58. The highest BCUT2D eigenvalue weighted by Crippen LogP contribution is 2.17. The summed E-state index contributed by atoms with van der Waals surface area (Å²) >= 11 is 0. The fourth-order valence-electron chi connectivity index (χ4n) is 6.13. The van der Waals surface area contributed by atoms with Crippen LogP contribution in [0.2, 0.25) is 0 Å². The monoisotopic (exact) mass is 692 g/mol. The van der Waals surface area contributed by atoms with Gasteiger partial charge in [0.1, 0.15) is 0 Å². The first kappa shape index (κ1) is 47.3. The molecule has 0 saturated carbocycles. The van der Waals surface area contributed by atoms with Gasteiger partial charge in [0, 0.05) is 24.3 Å². The standard InChI is InChI=1S/C43H81NO5/c1-5-9-13-17-19-23-32-40(30-21-15-11-7-3)42(46)48-38-27-25-34-44(36-29-37-45)35-26-28-39-49-43(47)41(31-22-16-12-8-4)33-24-20-18-14-10-6-2/h30-31,45H,5-29,32-39H2,1-4H3/b40-30+,41-31?. The molecule has 0 unspecified atom stereocenters. The first-order valence-corrected chi connectivity index (χ1v) is 21.1. The molecule has 0 bridgehead atoms. The number of carbonyl (C=O) groups excluding carboxylic acids is 2. The average molecular weight is 692 g/mol. The van der Waals surface area contributed by atoms with E-state index in [2.05, 4.69) is 44.7 Å². The van der Waals surface area contributed by atoms with Gasteiger partial charge in [0.2, 0.25) is 0 Å². The molecule has 1 N–H and O–H groups in total. The lowest BCUT2D eigenvalue weighted by atomic mass is 10.0. The molecule has 0 saturated heterocycles. The van der Waals surface area contributed by atoms with E-state index in [-0.39, 0.29) is 18.5 Å². The summed E-state index contributed by atoms with van der Waals surface area (Å²) in [4.78, 5) is 28.2. The van der Waals surface area contributed by atoms with E-state index in [1.807, 2.05) is 0 Å². The predicted molar refractivity (Wildman–Crippen MR) is 209 cm³/mol. The number of esters is 2. The van der Waals surface area contributed by atoms with Crippen molar-refractivity contribution in [2.75, 3.05) is 39.5 Å². The van der Waals surface area contributed by atoms with Crippen molar-refractivity contribution in [3.63, 3.8) is 0 Å². The van der Waals surface area contributed by atoms with Crippen LogP contribution < -0.4 is 0 Å². The highest BCUT2D eigenvalue weighted by molar-refractivity contribution is 5.88. The molecule has 0 atom stereocenters. The molecule has 0 radical (unpaired) electrons. The van der Waals surface area contributed by atoms with E-state index in [4.69, 9.17) is 9.47 Å². The van der Waals surface area contributed by atoms with Gasteiger partial charge in [0.25, 0.3) is 0 Å². The van der Waals surface area contributed by atoms with Gasteiger partial charge < -0.3 is 19.5 Å². The van der Waals surface area contributed by atoms with E-state index in [1.54, 1.807) is 0 Å². The molecule has 0 spiro atoms. The van der Waals surface area contributed by atoms with E-state index >= 15 is 0 Å². The third kappa shape index (κ3) is 30.9. The SMILES string of the molecule is CCCCCC=C(CCCCCCCC)C(=O)OCCCCN(CCCO)CCCCOC(=O)/C(=C/CCCCC)CCCCCCCC. The Bertz CT molecular complexity index is 746. The number of carbonyl (C=O) groups is 2. The van der Waals surface area contributed by atoms with Crippen molar-refractivity contribution >= 4 is 11.9 Å². The van der Waals surface area contributed by atoms with Crippen LogP contribution in [0.3, 0.4) is 0 Å². The number of ether oxygens (including phenoxy) is 2. The molecule has 0 aliphatic heterocycles. The Morgan fingerprint density at radius 1 is 0.469 bits per heavy atom. The molecule has 0 rings (SSSR count). The van der Waals surface area contributed by atoms with E-state index in [1.165, 1.54) is 89.9 Å². The highest BCUT2D eigenvalue weighted by atomic mass is 16.5. The summed E-state index contributed by atoms with van der Waals surface area (Å²) in [5, 5.41) is 9.42. The fourth-order valence-corrected chi connectivity index (χ4v) is 6.13. The van der Waals surface area contributed by atoms with Gasteiger partial charge in [-0.2, -0.15) is 0 Å². The molecule has 0 heterocycles. The second-order valence-electron chi connectivity index (χ2n) is 14.1. The number of rotatable bonds is 37. The Kier molecular flexibility index (Phi) is 36.3. The molecule has 0 amide bonds. The third-order valence-electron chi connectivity index (χ3n) is 9.36. The van der Waals surface area contributed by atoms with Gasteiger partial charge in [-0.3, -0.25) is 0 Å². The highest BCUT2D eigenvalue weighted by Gasteiger charge is 2.13. The van der Waals surface area contributed by atoms with Gasteiger partial charge in [-0.15, -0.1) is 0 Å². The lowest BCUT2D eigenvalue weighted by molar-refractivity contribution is -0.140. The molecular weight excluding hydrogens is 610 g/mol. The smallest absolute Gasteiger partial charge is 0.333 e. The summed E-state index contributed by atoms with van der Waals surface area (Å²) in [5.74, 6) is -0.245. The van der Waals surface area contributed by atoms with Crippen LogP contribution in [0.5, 0.6) is 0 Å². The number of hydrogen-bond acceptors (Lipinski definition) is 6. The van der Waals surface area contributed by atoms with Crippen molar-refractivity contribution in [3.05, 3.63) is 23.3 Å². The minimum atomic E-state index is -0.123. The first-order chi connectivity index (χ1) is 24.0. The minimum absolute atomic E-state index is 0.123. The largest absolute Gasteiger partial charge is 0.462 e. The number of allylic oxidation sites excluding steroid dienone is 2. The molecular formula is C43H81NO5. The van der Waals surface area contributed by atoms with Crippen molar-refractivity contribution in [2.24, 2.45) is 0 Å². The van der Waals surface area contributed by atoms with Crippen molar-refractivity contribution in [2.45, 2.75) is 201 Å². The van der Waals surface area contributed by atoms with Crippen molar-refractivity contribution in [3.8, 4) is 0 Å². The van der Waals surface area contributed by atoms with Crippen LogP contribution in [-0.4, -0.2) is 61.4 Å². The maximum absolute atomic E-state index is 12.9. The molecule has 0 fully saturated rings. The van der Waals surface area contributed by atoms with E-state index < -0.39 is 0 Å². The van der Waals surface area contributed by atoms with Crippen LogP contribution >= 0.6 is 0 Å². The zero-order valence-corrected chi connectivity index (χ0v) is 33.0. The molecule has 6 heteroatoms. The number of hydrogen-bond donors (Lipinski definition) is 1. The van der Waals surface area contributed by atoms with E-state index in [9.17, 15) is 14.7 Å². The second kappa shape index (κ2) is 37.6. The van der Waals surface area contributed by atoms with Crippen LogP contribution in [0, 0.1) is 0 Å². The van der Waals surface area contributed by atoms with E-state index in [0.717, 1.165) is 114 Å². The van der Waals surface area contributed by atoms with E-state index in [0.29, 0.717) is 13.2 Å². The third-order valence-corrected chi connectivity index (χ3v) is 9.36. The average Bonchev–Trinajstić information content (AvgIpc) is 3.10. The number of aliphatic hydroxyl groups is 1. The lowest BCUT2D eigenvalue weighted by Gasteiger charge is -2.22. The summed E-state index contributed by atoms with van der Waals surface area (Å²) in [6.45, 7) is 12.7. The normalized spacial score (nSPS) is 12.2. The molecule has 0 aromatic rings. The quantitative estimate of drug-likeness (QED) is 0.0397. The summed E-state index contributed by atoms with van der Waals surface area (Å²) in [7, 11) is 0. The zero-order chi connectivity index (χ0) is 36.0. The molecule has 6 nitrogen and oxygen atoms in total. The van der Waals surface area contributed by atoms with Crippen LogP contribution in [0.25, 0.3) is 0 Å². The van der Waals surface area contributed by atoms with Crippen LogP contribution in [0.4, 0.5) is 0 Å². The fraction of sp³-hybridized carbons (Fsp3) is 0.860. The van der Waals surface area contributed by atoms with Gasteiger partial charge in [-0.1, -0.05) is 130 Å². The van der Waals surface area contributed by atoms with Crippen LogP contribution in [0.15, 0.2) is 23.3 Å². The van der Waals surface area contributed by atoms with Gasteiger partial charge in [0.15, 0.2) is 0 Å². The topological polar surface area (TPSA) is 76.1 Å². The van der Waals surface area contributed by atoms with Gasteiger partial charge in [-0.25, -0.2) is 9.59 Å². The Morgan fingerprint density at radius 2 is 0.837 bits per heavy atom. The minimum Gasteiger partial charge on any atom is -0.462 e. The van der Waals surface area contributed by atoms with Crippen molar-refractivity contribution in [1.82, 2.24) is 4.90 Å². The molecule has 0 aliphatic carbocycles. The number of unbranched alkanes of at least 4 members (excludes halogenated alkanes) is 18. The van der Waals surface area contributed by atoms with Gasteiger partial charge >= 0.3 is 11.9 Å². The molecule has 288 valence electrons. The van der Waals surface area contributed by atoms with Crippen molar-refractivity contribution < 1.29 is 24.2 Å². The molecule has 0 aliphatic rings. The first-order valence-electron chi connectivity index (χ1n) is 21.1. The molecule has 49 heavy (non-hydrogen) atoms. The Labute approximate surface area is 304 Å². The second-order valence-corrected chi connectivity index (χ2v) is 14.1. The van der Waals surface area contributed by atoms with Gasteiger partial charge in [-0.05, 0) is 96.6 Å². The zero-order valence-electron chi connectivity index (χ0n) is 33.0. The molecule has 0 aromatic carbocycles. The summed E-state index contributed by atoms with van der Waals surface area (Å²) < 4.78 is 11.5. The number of nitrogens with zero attached hydrogens (tertiary/aromatic N) is 1.